The van der Waals surface area contributed by atoms with E-state index in [1.807, 2.05) is 20.8 Å². The summed E-state index contributed by atoms with van der Waals surface area (Å²) in [6.07, 6.45) is 0. The number of nitrogens with zero attached hydrogens (tertiary/aromatic N) is 1. The summed E-state index contributed by atoms with van der Waals surface area (Å²) in [4.78, 5) is 10.4. The number of ether oxygens (including phenoxy) is 2. The molecule has 0 heterocycles. The summed E-state index contributed by atoms with van der Waals surface area (Å²) in [7, 11) is 1.66. The molecule has 0 aromatic heterocycles. The highest BCUT2D eigenvalue weighted by molar-refractivity contribution is 5.62. The molecule has 1 N–H and O–H groups in total. The highest BCUT2D eigenvalue weighted by Gasteiger charge is 2.13. The summed E-state index contributed by atoms with van der Waals surface area (Å²) >= 11 is 0. The summed E-state index contributed by atoms with van der Waals surface area (Å²) in [5.74, 6) is 0. The number of rotatable bonds is 7. The molecule has 0 radical (unpaired) electrons. The van der Waals surface area contributed by atoms with E-state index in [0.717, 1.165) is 5.56 Å². The number of nitrogens with one attached hydrogen (secondary N) is 1. The van der Waals surface area contributed by atoms with Crippen molar-refractivity contribution in [2.45, 2.75) is 33.0 Å². The molecule has 1 aromatic rings. The summed E-state index contributed by atoms with van der Waals surface area (Å²) in [5.41, 5.74) is 1.26. The van der Waals surface area contributed by atoms with E-state index in [1.165, 1.54) is 6.07 Å². The Bertz CT molecular complexity index is 455. The monoisotopic (exact) mass is 282 g/mol. The van der Waals surface area contributed by atoms with E-state index in [-0.39, 0.29) is 11.3 Å². The Hall–Kier alpha value is -1.66. The third-order valence-corrected chi connectivity index (χ3v) is 2.56. The summed E-state index contributed by atoms with van der Waals surface area (Å²) in [6, 6.07) is 4.91. The Morgan fingerprint density at radius 1 is 1.30 bits per heavy atom. The Morgan fingerprint density at radius 2 is 2.00 bits per heavy atom. The van der Waals surface area contributed by atoms with Crippen molar-refractivity contribution < 1.29 is 14.4 Å². The lowest BCUT2D eigenvalue weighted by Crippen LogP contribution is -2.21. The van der Waals surface area contributed by atoms with E-state index in [1.54, 1.807) is 19.2 Å². The molecule has 0 aliphatic carbocycles. The molecule has 0 unspecified atom stereocenters. The van der Waals surface area contributed by atoms with Crippen molar-refractivity contribution in [2.24, 2.45) is 0 Å². The van der Waals surface area contributed by atoms with Gasteiger partial charge in [0.25, 0.3) is 5.69 Å². The molecule has 1 rings (SSSR count). The average molecular weight is 282 g/mol. The zero-order chi connectivity index (χ0) is 15.2. The van der Waals surface area contributed by atoms with Crippen LogP contribution in [0.5, 0.6) is 0 Å². The fourth-order valence-electron chi connectivity index (χ4n) is 1.63. The minimum atomic E-state index is -0.409. The van der Waals surface area contributed by atoms with Crippen molar-refractivity contribution in [1.82, 2.24) is 0 Å². The lowest BCUT2D eigenvalue weighted by Gasteiger charge is -2.19. The molecular weight excluding hydrogens is 260 g/mol. The first-order valence-electron chi connectivity index (χ1n) is 6.50. The second-order valence-corrected chi connectivity index (χ2v) is 5.37. The van der Waals surface area contributed by atoms with Crippen LogP contribution in [-0.2, 0) is 16.1 Å². The third-order valence-electron chi connectivity index (χ3n) is 2.56. The van der Waals surface area contributed by atoms with E-state index in [9.17, 15) is 10.1 Å². The van der Waals surface area contributed by atoms with Gasteiger partial charge in [-0.25, -0.2) is 0 Å². The van der Waals surface area contributed by atoms with Crippen LogP contribution in [0.3, 0.4) is 0 Å². The minimum Gasteiger partial charge on any atom is -0.383 e. The molecule has 0 spiro atoms. The van der Waals surface area contributed by atoms with Crippen molar-refractivity contribution in [3.63, 3.8) is 0 Å². The molecule has 112 valence electrons. The molecule has 0 aliphatic rings. The van der Waals surface area contributed by atoms with E-state index in [2.05, 4.69) is 5.32 Å². The van der Waals surface area contributed by atoms with Crippen LogP contribution in [0.2, 0.25) is 0 Å². The van der Waals surface area contributed by atoms with Gasteiger partial charge in [-0.05, 0) is 38.5 Å². The fraction of sp³-hybridized carbons (Fsp3) is 0.571. The van der Waals surface area contributed by atoms with Gasteiger partial charge in [0, 0.05) is 13.1 Å². The molecule has 6 heteroatoms. The summed E-state index contributed by atoms with van der Waals surface area (Å²) in [6.45, 7) is 7.38. The van der Waals surface area contributed by atoms with Crippen LogP contribution in [0.15, 0.2) is 18.2 Å². The molecule has 0 bridgehead atoms. The zero-order valence-corrected chi connectivity index (χ0v) is 12.4. The number of hydrogen-bond acceptors (Lipinski definition) is 5. The van der Waals surface area contributed by atoms with E-state index in [4.69, 9.17) is 9.47 Å². The van der Waals surface area contributed by atoms with Gasteiger partial charge in [0.15, 0.2) is 0 Å². The van der Waals surface area contributed by atoms with Crippen LogP contribution in [0, 0.1) is 10.1 Å². The second kappa shape index (κ2) is 7.21. The predicted molar refractivity (Wildman–Crippen MR) is 78.0 cm³/mol. The topological polar surface area (TPSA) is 73.6 Å². The molecule has 0 fully saturated rings. The SMILES string of the molecule is CNc1cc(COCCOC(C)(C)C)ccc1[N+](=O)[O-]. The van der Waals surface area contributed by atoms with Gasteiger partial charge >= 0.3 is 0 Å². The Kier molecular flexibility index (Phi) is 5.91. The van der Waals surface area contributed by atoms with Gasteiger partial charge in [0.2, 0.25) is 0 Å². The second-order valence-electron chi connectivity index (χ2n) is 5.37. The average Bonchev–Trinajstić information content (AvgIpc) is 2.36. The summed E-state index contributed by atoms with van der Waals surface area (Å²) in [5, 5.41) is 13.6. The van der Waals surface area contributed by atoms with Crippen molar-refractivity contribution in [3.8, 4) is 0 Å². The van der Waals surface area contributed by atoms with E-state index < -0.39 is 4.92 Å². The first-order chi connectivity index (χ1) is 9.33. The molecule has 0 saturated heterocycles. The Labute approximate surface area is 119 Å². The number of benzene rings is 1. The van der Waals surface area contributed by atoms with Gasteiger partial charge in [0.05, 0.1) is 30.3 Å². The van der Waals surface area contributed by atoms with Crippen LogP contribution in [0.4, 0.5) is 11.4 Å². The molecule has 0 amide bonds. The smallest absolute Gasteiger partial charge is 0.292 e. The van der Waals surface area contributed by atoms with Crippen LogP contribution >= 0.6 is 0 Å². The largest absolute Gasteiger partial charge is 0.383 e. The molecular formula is C14H22N2O4. The van der Waals surface area contributed by atoms with Gasteiger partial charge in [-0.2, -0.15) is 0 Å². The van der Waals surface area contributed by atoms with E-state index >= 15 is 0 Å². The first-order valence-corrected chi connectivity index (χ1v) is 6.50. The quantitative estimate of drug-likeness (QED) is 0.473. The third kappa shape index (κ3) is 5.54. The molecule has 20 heavy (non-hydrogen) atoms. The maximum absolute atomic E-state index is 10.8. The molecule has 0 atom stereocenters. The fourth-order valence-corrected chi connectivity index (χ4v) is 1.63. The number of nitro benzene ring substituents is 1. The Morgan fingerprint density at radius 3 is 2.55 bits per heavy atom. The van der Waals surface area contributed by atoms with Crippen molar-refractivity contribution >= 4 is 11.4 Å². The van der Waals surface area contributed by atoms with Crippen LogP contribution in [0.1, 0.15) is 26.3 Å². The van der Waals surface area contributed by atoms with Gasteiger partial charge in [0.1, 0.15) is 5.69 Å². The molecule has 6 nitrogen and oxygen atoms in total. The molecule has 1 aromatic carbocycles. The summed E-state index contributed by atoms with van der Waals surface area (Å²) < 4.78 is 11.0. The van der Waals surface area contributed by atoms with Crippen LogP contribution in [-0.4, -0.2) is 30.8 Å². The molecule has 0 aliphatic heterocycles. The van der Waals surface area contributed by atoms with Crippen molar-refractivity contribution in [1.29, 1.82) is 0 Å². The van der Waals surface area contributed by atoms with Gasteiger partial charge in [-0.1, -0.05) is 0 Å². The zero-order valence-electron chi connectivity index (χ0n) is 12.4. The molecule has 0 saturated carbocycles. The van der Waals surface area contributed by atoms with Crippen molar-refractivity contribution in [2.75, 3.05) is 25.6 Å². The van der Waals surface area contributed by atoms with Gasteiger partial charge in [-0.15, -0.1) is 0 Å². The maximum atomic E-state index is 10.8. The lowest BCUT2D eigenvalue weighted by atomic mass is 10.2. The van der Waals surface area contributed by atoms with Crippen molar-refractivity contribution in [3.05, 3.63) is 33.9 Å². The maximum Gasteiger partial charge on any atom is 0.292 e. The first kappa shape index (κ1) is 16.4. The standard InChI is InChI=1S/C14H22N2O4/c1-14(2,3)20-8-7-19-10-11-5-6-13(16(17)18)12(9-11)15-4/h5-6,9,15H,7-8,10H2,1-4H3. The normalized spacial score (nSPS) is 11.4. The number of anilines is 1. The minimum absolute atomic E-state index is 0.0623. The van der Waals surface area contributed by atoms with E-state index in [0.29, 0.717) is 25.5 Å². The lowest BCUT2D eigenvalue weighted by molar-refractivity contribution is -0.384. The predicted octanol–water partition coefficient (Wildman–Crippen LogP) is 2.97. The number of nitro groups is 1. The van der Waals surface area contributed by atoms with Crippen LogP contribution < -0.4 is 5.32 Å². The number of hydrogen-bond donors (Lipinski definition) is 1. The van der Waals surface area contributed by atoms with Crippen LogP contribution in [0.25, 0.3) is 0 Å². The van der Waals surface area contributed by atoms with Gasteiger partial charge in [-0.3, -0.25) is 10.1 Å². The van der Waals surface area contributed by atoms with Gasteiger partial charge < -0.3 is 14.8 Å². The highest BCUT2D eigenvalue weighted by Crippen LogP contribution is 2.25. The Balaban J connectivity index is 2.47. The highest BCUT2D eigenvalue weighted by atomic mass is 16.6.